The van der Waals surface area contributed by atoms with Crippen LogP contribution in [0.2, 0.25) is 0 Å². The van der Waals surface area contributed by atoms with Gasteiger partial charge in [-0.05, 0) is 38.3 Å². The fraction of sp³-hybridized carbons (Fsp3) is 0.400. The topological polar surface area (TPSA) is 96.6 Å². The molecule has 1 unspecified atom stereocenters. The summed E-state index contributed by atoms with van der Waals surface area (Å²) in [7, 11) is -3.65. The zero-order valence-electron chi connectivity index (χ0n) is 19.6. The van der Waals surface area contributed by atoms with Crippen LogP contribution >= 0.6 is 0 Å². The Balaban J connectivity index is 1.47. The summed E-state index contributed by atoms with van der Waals surface area (Å²) in [5.41, 5.74) is 1.84. The van der Waals surface area contributed by atoms with E-state index < -0.39 is 15.9 Å². The van der Waals surface area contributed by atoms with Crippen molar-refractivity contribution in [2.24, 2.45) is 5.92 Å². The lowest BCUT2D eigenvalue weighted by atomic mass is 9.98. The van der Waals surface area contributed by atoms with Crippen LogP contribution in [-0.2, 0) is 21.4 Å². The lowest BCUT2D eigenvalue weighted by Gasteiger charge is -2.34. The van der Waals surface area contributed by atoms with E-state index in [-0.39, 0.29) is 23.9 Å². The monoisotopic (exact) mass is 482 g/mol. The molecule has 0 spiro atoms. The normalized spacial score (nSPS) is 16.9. The number of hydrogen-bond donors (Lipinski definition) is 0. The summed E-state index contributed by atoms with van der Waals surface area (Å²) in [6.45, 7) is 5.24. The van der Waals surface area contributed by atoms with Crippen molar-refractivity contribution in [3.63, 3.8) is 0 Å². The first-order valence-corrected chi connectivity index (χ1v) is 13.1. The van der Waals surface area contributed by atoms with E-state index in [4.69, 9.17) is 4.52 Å². The minimum absolute atomic E-state index is 0.0786. The minimum Gasteiger partial charge on any atom is -0.337 e. The van der Waals surface area contributed by atoms with E-state index >= 15 is 0 Å². The van der Waals surface area contributed by atoms with E-state index in [2.05, 4.69) is 10.1 Å². The molecular formula is C25H30N4O4S. The van der Waals surface area contributed by atoms with Gasteiger partial charge in [-0.15, -0.1) is 0 Å². The Morgan fingerprint density at radius 3 is 2.59 bits per heavy atom. The summed E-state index contributed by atoms with van der Waals surface area (Å²) >= 11 is 0. The fourth-order valence-electron chi connectivity index (χ4n) is 4.20. The Labute approximate surface area is 200 Å². The molecular weight excluding hydrogens is 452 g/mol. The minimum atomic E-state index is -3.65. The van der Waals surface area contributed by atoms with Crippen molar-refractivity contribution in [3.8, 4) is 11.4 Å². The Hall–Kier alpha value is -3.04. The van der Waals surface area contributed by atoms with Crippen LogP contribution in [0.4, 0.5) is 0 Å². The van der Waals surface area contributed by atoms with Crippen molar-refractivity contribution < 1.29 is 17.7 Å². The lowest BCUT2D eigenvalue weighted by Crippen LogP contribution is -2.46. The van der Waals surface area contributed by atoms with E-state index in [1.165, 1.54) is 4.31 Å². The van der Waals surface area contributed by atoms with Crippen molar-refractivity contribution in [2.75, 3.05) is 19.6 Å². The summed E-state index contributed by atoms with van der Waals surface area (Å²) in [5, 5.41) is 4.04. The van der Waals surface area contributed by atoms with Gasteiger partial charge in [0.05, 0.1) is 17.4 Å². The van der Waals surface area contributed by atoms with Gasteiger partial charge in [-0.25, -0.2) is 8.42 Å². The second-order valence-electron chi connectivity index (χ2n) is 8.65. The maximum Gasteiger partial charge on any atom is 0.246 e. The first-order chi connectivity index (χ1) is 16.4. The quantitative estimate of drug-likeness (QED) is 0.483. The third-order valence-corrected chi connectivity index (χ3v) is 7.90. The predicted octanol–water partition coefficient (Wildman–Crippen LogP) is 3.88. The molecule has 2 heterocycles. The van der Waals surface area contributed by atoms with Crippen molar-refractivity contribution >= 4 is 15.9 Å². The zero-order valence-corrected chi connectivity index (χ0v) is 20.4. The number of aryl methyl sites for hydroxylation is 1. The molecule has 0 saturated carbocycles. The zero-order chi connectivity index (χ0) is 24.1. The van der Waals surface area contributed by atoms with Crippen LogP contribution in [0.15, 0.2) is 64.0 Å². The third-order valence-electron chi connectivity index (χ3n) is 6.02. The number of amides is 1. The Morgan fingerprint density at radius 1 is 1.15 bits per heavy atom. The van der Waals surface area contributed by atoms with Crippen molar-refractivity contribution in [3.05, 3.63) is 66.1 Å². The maximum absolute atomic E-state index is 13.4. The number of benzene rings is 2. The molecule has 8 nitrogen and oxygen atoms in total. The predicted molar refractivity (Wildman–Crippen MR) is 128 cm³/mol. The van der Waals surface area contributed by atoms with Gasteiger partial charge < -0.3 is 9.42 Å². The van der Waals surface area contributed by atoms with Crippen LogP contribution in [0, 0.1) is 12.8 Å². The van der Waals surface area contributed by atoms with Crippen molar-refractivity contribution in [1.29, 1.82) is 0 Å². The van der Waals surface area contributed by atoms with E-state index in [0.29, 0.717) is 37.6 Å². The summed E-state index contributed by atoms with van der Waals surface area (Å²) < 4.78 is 33.2. The highest BCUT2D eigenvalue weighted by molar-refractivity contribution is 7.89. The summed E-state index contributed by atoms with van der Waals surface area (Å²) in [6, 6.07) is 16.3. The Bertz CT molecular complexity index is 1210. The number of piperidine rings is 1. The molecule has 4 rings (SSSR count). The van der Waals surface area contributed by atoms with Gasteiger partial charge in [-0.3, -0.25) is 4.79 Å². The Morgan fingerprint density at radius 2 is 1.88 bits per heavy atom. The number of aromatic nitrogens is 2. The number of carbonyl (C=O) groups is 1. The molecule has 0 radical (unpaired) electrons. The van der Waals surface area contributed by atoms with Crippen LogP contribution in [0.5, 0.6) is 0 Å². The molecule has 1 saturated heterocycles. The molecule has 9 heteroatoms. The van der Waals surface area contributed by atoms with E-state index in [1.54, 1.807) is 29.2 Å². The largest absolute Gasteiger partial charge is 0.337 e. The van der Waals surface area contributed by atoms with Crippen molar-refractivity contribution in [1.82, 2.24) is 19.3 Å². The van der Waals surface area contributed by atoms with Gasteiger partial charge >= 0.3 is 0 Å². The number of rotatable bonds is 8. The average Bonchev–Trinajstić information content (AvgIpc) is 3.33. The van der Waals surface area contributed by atoms with Gasteiger partial charge in [-0.1, -0.05) is 60.1 Å². The standard InChI is InChI=1S/C25H30N4O4S/c1-3-15-28(18-23-26-24(27-33-23)20-8-5-4-6-9-20)25(30)21-10-7-16-29(17-21)34(31,32)22-13-11-19(2)12-14-22/h4-6,8-9,11-14,21H,3,7,10,15-18H2,1-2H3. The smallest absolute Gasteiger partial charge is 0.246 e. The number of nitrogens with zero attached hydrogens (tertiary/aromatic N) is 4. The molecule has 1 aliphatic heterocycles. The molecule has 1 amide bonds. The van der Waals surface area contributed by atoms with Gasteiger partial charge in [0.15, 0.2) is 0 Å². The molecule has 0 aliphatic carbocycles. The average molecular weight is 483 g/mol. The second kappa shape index (κ2) is 10.5. The number of carbonyl (C=O) groups excluding carboxylic acids is 1. The van der Waals surface area contributed by atoms with Gasteiger partial charge in [-0.2, -0.15) is 9.29 Å². The molecule has 1 fully saturated rings. The summed E-state index contributed by atoms with van der Waals surface area (Å²) in [5.74, 6) is 0.357. The first-order valence-electron chi connectivity index (χ1n) is 11.6. The van der Waals surface area contributed by atoms with Crippen LogP contribution < -0.4 is 0 Å². The molecule has 1 aromatic heterocycles. The van der Waals surface area contributed by atoms with Gasteiger partial charge in [0.2, 0.25) is 27.6 Å². The Kier molecular flexibility index (Phi) is 7.43. The van der Waals surface area contributed by atoms with Crippen molar-refractivity contribution in [2.45, 2.75) is 44.6 Å². The maximum atomic E-state index is 13.4. The molecule has 0 N–H and O–H groups in total. The summed E-state index contributed by atoms with van der Waals surface area (Å²) in [4.78, 5) is 19.9. The molecule has 34 heavy (non-hydrogen) atoms. The third kappa shape index (κ3) is 5.37. The molecule has 0 bridgehead atoms. The molecule has 2 aromatic carbocycles. The molecule has 180 valence electrons. The first kappa shape index (κ1) is 24.1. The van der Waals surface area contributed by atoms with Gasteiger partial charge in [0, 0.05) is 25.2 Å². The summed E-state index contributed by atoms with van der Waals surface area (Å²) in [6.07, 6.45) is 2.06. The van der Waals surface area contributed by atoms with Gasteiger partial charge in [0.1, 0.15) is 0 Å². The van der Waals surface area contributed by atoms with E-state index in [1.807, 2.05) is 44.2 Å². The van der Waals surface area contributed by atoms with Crippen LogP contribution in [0.1, 0.15) is 37.6 Å². The fourth-order valence-corrected chi connectivity index (χ4v) is 5.73. The highest BCUT2D eigenvalue weighted by Crippen LogP contribution is 2.26. The number of sulfonamides is 1. The van der Waals surface area contributed by atoms with Crippen LogP contribution in [0.25, 0.3) is 11.4 Å². The highest BCUT2D eigenvalue weighted by atomic mass is 32.2. The van der Waals surface area contributed by atoms with Crippen LogP contribution in [-0.4, -0.2) is 53.3 Å². The highest BCUT2D eigenvalue weighted by Gasteiger charge is 2.35. The van der Waals surface area contributed by atoms with Crippen LogP contribution in [0.3, 0.4) is 0 Å². The molecule has 1 aliphatic rings. The van der Waals surface area contributed by atoms with E-state index in [0.717, 1.165) is 17.5 Å². The lowest BCUT2D eigenvalue weighted by molar-refractivity contribution is -0.137. The SMILES string of the molecule is CCCN(Cc1nc(-c2ccccc2)no1)C(=O)C1CCCN(S(=O)(=O)c2ccc(C)cc2)C1. The van der Waals surface area contributed by atoms with E-state index in [9.17, 15) is 13.2 Å². The molecule has 1 atom stereocenters. The van der Waals surface area contributed by atoms with Gasteiger partial charge in [0.25, 0.3) is 0 Å². The molecule has 3 aromatic rings. The number of hydrogen-bond acceptors (Lipinski definition) is 6. The second-order valence-corrected chi connectivity index (χ2v) is 10.6.